The zero-order valence-corrected chi connectivity index (χ0v) is 10.7. The predicted molar refractivity (Wildman–Crippen MR) is 65.3 cm³/mol. The molecular weight excluding hydrogens is 244 g/mol. The standard InChI is InChI=1S/C10H18N2O4S/c1-17-5-2-11-10(15)12-3-4-16-7-8(12)6-9(13)14/h8H,2-7H2,1H3,(H,11,15)(H,13,14). The molecule has 0 saturated carbocycles. The summed E-state index contributed by atoms with van der Waals surface area (Å²) in [5, 5.41) is 11.5. The lowest BCUT2D eigenvalue weighted by Crippen LogP contribution is -2.53. The van der Waals surface area contributed by atoms with Gasteiger partial charge in [0.05, 0.1) is 25.7 Å². The summed E-state index contributed by atoms with van der Waals surface area (Å²) in [7, 11) is 0. The molecule has 6 nitrogen and oxygen atoms in total. The summed E-state index contributed by atoms with van der Waals surface area (Å²) in [6, 6.07) is -0.566. The number of urea groups is 1. The van der Waals surface area contributed by atoms with Crippen LogP contribution >= 0.6 is 11.8 Å². The van der Waals surface area contributed by atoms with E-state index < -0.39 is 5.97 Å². The first-order valence-electron chi connectivity index (χ1n) is 5.48. The maximum Gasteiger partial charge on any atom is 0.317 e. The van der Waals surface area contributed by atoms with E-state index in [0.29, 0.717) is 26.3 Å². The smallest absolute Gasteiger partial charge is 0.317 e. The van der Waals surface area contributed by atoms with Crippen molar-refractivity contribution >= 4 is 23.8 Å². The van der Waals surface area contributed by atoms with Crippen LogP contribution in [0.1, 0.15) is 6.42 Å². The number of nitrogens with zero attached hydrogens (tertiary/aromatic N) is 1. The van der Waals surface area contributed by atoms with Gasteiger partial charge < -0.3 is 20.1 Å². The second-order valence-corrected chi connectivity index (χ2v) is 4.73. The molecule has 7 heteroatoms. The molecule has 0 aromatic heterocycles. The molecule has 2 amide bonds. The number of carbonyl (C=O) groups excluding carboxylic acids is 1. The van der Waals surface area contributed by atoms with Crippen molar-refractivity contribution in [2.24, 2.45) is 0 Å². The number of ether oxygens (including phenoxy) is 1. The first-order valence-corrected chi connectivity index (χ1v) is 6.87. The third-order valence-corrected chi connectivity index (χ3v) is 3.09. The third kappa shape index (κ3) is 4.82. The summed E-state index contributed by atoms with van der Waals surface area (Å²) in [5.74, 6) is -0.0675. The number of morpholine rings is 1. The summed E-state index contributed by atoms with van der Waals surface area (Å²) in [4.78, 5) is 24.1. The number of nitrogens with one attached hydrogen (secondary N) is 1. The van der Waals surface area contributed by atoms with Crippen molar-refractivity contribution in [1.82, 2.24) is 10.2 Å². The Balaban J connectivity index is 2.45. The topological polar surface area (TPSA) is 78.9 Å². The predicted octanol–water partition coefficient (Wildman–Crippen LogP) is 0.234. The molecule has 1 aliphatic rings. The third-order valence-electron chi connectivity index (χ3n) is 2.48. The van der Waals surface area contributed by atoms with Crippen LogP contribution in [0.2, 0.25) is 0 Å². The molecule has 1 unspecified atom stereocenters. The quantitative estimate of drug-likeness (QED) is 0.694. The van der Waals surface area contributed by atoms with E-state index in [2.05, 4.69) is 5.32 Å². The molecular formula is C10H18N2O4S. The summed E-state index contributed by atoms with van der Waals surface area (Å²) < 4.78 is 5.20. The van der Waals surface area contributed by atoms with Crippen LogP contribution in [0.15, 0.2) is 0 Å². The lowest BCUT2D eigenvalue weighted by atomic mass is 10.1. The average Bonchev–Trinajstić information content (AvgIpc) is 2.29. The summed E-state index contributed by atoms with van der Waals surface area (Å²) in [6.07, 6.45) is 1.89. The van der Waals surface area contributed by atoms with Crippen LogP contribution in [0.3, 0.4) is 0 Å². The zero-order valence-electron chi connectivity index (χ0n) is 9.85. The van der Waals surface area contributed by atoms with Gasteiger partial charge in [-0.25, -0.2) is 4.79 Å². The fraction of sp³-hybridized carbons (Fsp3) is 0.800. The summed E-state index contributed by atoms with van der Waals surface area (Å²) in [6.45, 7) is 1.80. The summed E-state index contributed by atoms with van der Waals surface area (Å²) in [5.41, 5.74) is 0. The minimum atomic E-state index is -0.914. The van der Waals surface area contributed by atoms with Crippen LogP contribution in [0, 0.1) is 0 Å². The van der Waals surface area contributed by atoms with Crippen molar-refractivity contribution in [3.05, 3.63) is 0 Å². The van der Waals surface area contributed by atoms with E-state index in [1.807, 2.05) is 6.26 Å². The van der Waals surface area contributed by atoms with Gasteiger partial charge in [-0.2, -0.15) is 11.8 Å². The number of carbonyl (C=O) groups is 2. The van der Waals surface area contributed by atoms with Crippen LogP contribution in [-0.4, -0.2) is 66.4 Å². The van der Waals surface area contributed by atoms with Crippen molar-refractivity contribution in [2.75, 3.05) is 38.3 Å². The van der Waals surface area contributed by atoms with Crippen LogP contribution < -0.4 is 5.32 Å². The lowest BCUT2D eigenvalue weighted by molar-refractivity contribution is -0.139. The van der Waals surface area contributed by atoms with Crippen molar-refractivity contribution in [3.63, 3.8) is 0 Å². The molecule has 0 radical (unpaired) electrons. The summed E-state index contributed by atoms with van der Waals surface area (Å²) >= 11 is 1.65. The molecule has 98 valence electrons. The number of rotatable bonds is 5. The van der Waals surface area contributed by atoms with E-state index >= 15 is 0 Å². The number of aliphatic carboxylic acids is 1. The first kappa shape index (κ1) is 14.1. The fourth-order valence-corrected chi connectivity index (χ4v) is 1.96. The largest absolute Gasteiger partial charge is 0.481 e. The van der Waals surface area contributed by atoms with Gasteiger partial charge in [0.15, 0.2) is 0 Å². The average molecular weight is 262 g/mol. The normalized spacial score (nSPS) is 20.1. The van der Waals surface area contributed by atoms with Gasteiger partial charge in [0.1, 0.15) is 0 Å². The maximum absolute atomic E-state index is 11.8. The van der Waals surface area contributed by atoms with Crippen LogP contribution in [-0.2, 0) is 9.53 Å². The fourth-order valence-electron chi connectivity index (χ4n) is 1.65. The Kier molecular flexibility index (Phi) is 6.13. The molecule has 17 heavy (non-hydrogen) atoms. The lowest BCUT2D eigenvalue weighted by Gasteiger charge is -2.34. The highest BCUT2D eigenvalue weighted by Crippen LogP contribution is 2.10. The molecule has 1 aliphatic heterocycles. The highest BCUT2D eigenvalue weighted by molar-refractivity contribution is 7.98. The Morgan fingerprint density at radius 3 is 3.00 bits per heavy atom. The van der Waals surface area contributed by atoms with Crippen LogP contribution in [0.25, 0.3) is 0 Å². The number of hydrogen-bond donors (Lipinski definition) is 2. The van der Waals surface area contributed by atoms with Gasteiger partial charge in [0.25, 0.3) is 0 Å². The Morgan fingerprint density at radius 2 is 2.35 bits per heavy atom. The molecule has 0 spiro atoms. The van der Waals surface area contributed by atoms with Gasteiger partial charge >= 0.3 is 12.0 Å². The Hall–Kier alpha value is -0.950. The first-order chi connectivity index (χ1) is 8.15. The minimum absolute atomic E-state index is 0.0735. The van der Waals surface area contributed by atoms with Crippen molar-refractivity contribution in [2.45, 2.75) is 12.5 Å². The Bertz CT molecular complexity index is 275. The van der Waals surface area contributed by atoms with Crippen molar-refractivity contribution in [3.8, 4) is 0 Å². The van der Waals surface area contributed by atoms with E-state index in [9.17, 15) is 9.59 Å². The molecule has 1 fully saturated rings. The zero-order chi connectivity index (χ0) is 12.7. The van der Waals surface area contributed by atoms with E-state index in [-0.39, 0.29) is 18.5 Å². The molecule has 0 aromatic rings. The minimum Gasteiger partial charge on any atom is -0.481 e. The SMILES string of the molecule is CSCCNC(=O)N1CCOCC1CC(=O)O. The number of carboxylic acid groups (broad SMARTS) is 1. The van der Waals surface area contributed by atoms with Crippen LogP contribution in [0.5, 0.6) is 0 Å². The van der Waals surface area contributed by atoms with Gasteiger partial charge in [-0.1, -0.05) is 0 Å². The van der Waals surface area contributed by atoms with E-state index in [0.717, 1.165) is 5.75 Å². The molecule has 1 atom stereocenters. The monoisotopic (exact) mass is 262 g/mol. The molecule has 0 aliphatic carbocycles. The number of hydrogen-bond acceptors (Lipinski definition) is 4. The maximum atomic E-state index is 11.8. The van der Waals surface area contributed by atoms with Crippen molar-refractivity contribution in [1.29, 1.82) is 0 Å². The van der Waals surface area contributed by atoms with Gasteiger partial charge in [0, 0.05) is 18.8 Å². The molecule has 0 aromatic carbocycles. The molecule has 2 N–H and O–H groups in total. The van der Waals surface area contributed by atoms with Gasteiger partial charge in [-0.15, -0.1) is 0 Å². The van der Waals surface area contributed by atoms with E-state index in [1.54, 1.807) is 16.7 Å². The number of carboxylic acids is 1. The molecule has 1 saturated heterocycles. The highest BCUT2D eigenvalue weighted by Gasteiger charge is 2.28. The van der Waals surface area contributed by atoms with Gasteiger partial charge in [-0.3, -0.25) is 4.79 Å². The van der Waals surface area contributed by atoms with Crippen LogP contribution in [0.4, 0.5) is 4.79 Å². The van der Waals surface area contributed by atoms with Gasteiger partial charge in [0.2, 0.25) is 0 Å². The second-order valence-electron chi connectivity index (χ2n) is 3.74. The van der Waals surface area contributed by atoms with Gasteiger partial charge in [-0.05, 0) is 6.26 Å². The Labute approximate surface area is 105 Å². The molecule has 1 heterocycles. The highest BCUT2D eigenvalue weighted by atomic mass is 32.2. The second kappa shape index (κ2) is 7.39. The number of thioether (sulfide) groups is 1. The molecule has 1 rings (SSSR count). The Morgan fingerprint density at radius 1 is 1.59 bits per heavy atom. The van der Waals surface area contributed by atoms with E-state index in [1.165, 1.54) is 0 Å². The van der Waals surface area contributed by atoms with E-state index in [4.69, 9.17) is 9.84 Å². The number of amides is 2. The van der Waals surface area contributed by atoms with Crippen molar-refractivity contribution < 1.29 is 19.4 Å². The molecule has 0 bridgehead atoms.